The zero-order valence-corrected chi connectivity index (χ0v) is 11.8. The molecule has 0 saturated carbocycles. The molecule has 0 heterocycles. The van der Waals surface area contributed by atoms with E-state index < -0.39 is 11.9 Å². The number of benzene rings is 1. The molecular weight excluding hydrogens is 256 g/mol. The maximum absolute atomic E-state index is 11.6. The molecular formula is C16H20O4. The first-order chi connectivity index (χ1) is 9.50. The lowest BCUT2D eigenvalue weighted by Crippen LogP contribution is -2.02. The molecule has 4 heteroatoms. The third kappa shape index (κ3) is 5.69. The van der Waals surface area contributed by atoms with Gasteiger partial charge in [0.25, 0.3) is 0 Å². The second kappa shape index (κ2) is 8.15. The summed E-state index contributed by atoms with van der Waals surface area (Å²) in [6.07, 6.45) is 6.32. The number of allylic oxidation sites excluding steroid dienone is 1. The van der Waals surface area contributed by atoms with E-state index >= 15 is 0 Å². The standard InChI is InChI=1S/C16H20O4/c1-12(2)6-4-3-5-11-20-16(19)14-9-7-13(8-10-14)15(17)18/h5,7-12H,3-4,6H2,1-2H3,(H,17,18). The minimum Gasteiger partial charge on any atom is -0.478 e. The number of esters is 1. The highest BCUT2D eigenvalue weighted by molar-refractivity contribution is 5.92. The van der Waals surface area contributed by atoms with Crippen LogP contribution < -0.4 is 0 Å². The van der Waals surface area contributed by atoms with Crippen molar-refractivity contribution in [3.8, 4) is 0 Å². The van der Waals surface area contributed by atoms with Crippen molar-refractivity contribution >= 4 is 11.9 Å². The van der Waals surface area contributed by atoms with Crippen LogP contribution in [0.4, 0.5) is 0 Å². The first-order valence-electron chi connectivity index (χ1n) is 6.70. The molecule has 0 aliphatic carbocycles. The summed E-state index contributed by atoms with van der Waals surface area (Å²) in [5.74, 6) is -0.823. The van der Waals surface area contributed by atoms with E-state index in [1.165, 1.54) is 30.5 Å². The van der Waals surface area contributed by atoms with E-state index in [0.717, 1.165) is 19.3 Å². The molecule has 4 nitrogen and oxygen atoms in total. The van der Waals surface area contributed by atoms with Crippen LogP contribution in [0.5, 0.6) is 0 Å². The first-order valence-corrected chi connectivity index (χ1v) is 6.70. The Morgan fingerprint density at radius 3 is 2.35 bits per heavy atom. The molecule has 0 spiro atoms. The number of aromatic carboxylic acids is 1. The number of unbranched alkanes of at least 4 members (excludes halogenated alkanes) is 1. The van der Waals surface area contributed by atoms with Crippen LogP contribution in [0, 0.1) is 5.92 Å². The van der Waals surface area contributed by atoms with Crippen molar-refractivity contribution in [3.05, 3.63) is 47.7 Å². The Morgan fingerprint density at radius 2 is 1.80 bits per heavy atom. The fraction of sp³-hybridized carbons (Fsp3) is 0.375. The minimum atomic E-state index is -1.02. The van der Waals surface area contributed by atoms with Crippen LogP contribution >= 0.6 is 0 Å². The molecule has 0 atom stereocenters. The number of hydrogen-bond acceptors (Lipinski definition) is 3. The van der Waals surface area contributed by atoms with Gasteiger partial charge in [0.05, 0.1) is 17.4 Å². The molecule has 1 aromatic carbocycles. The molecule has 0 aliphatic rings. The molecule has 0 bridgehead atoms. The van der Waals surface area contributed by atoms with Crippen molar-refractivity contribution in [2.45, 2.75) is 33.1 Å². The summed E-state index contributed by atoms with van der Waals surface area (Å²) in [5.41, 5.74) is 0.479. The Kier molecular flexibility index (Phi) is 6.50. The highest BCUT2D eigenvalue weighted by atomic mass is 16.5. The summed E-state index contributed by atoms with van der Waals surface area (Å²) < 4.78 is 4.97. The molecule has 0 amide bonds. The number of carboxylic acids is 1. The van der Waals surface area contributed by atoms with Crippen molar-refractivity contribution in [2.24, 2.45) is 5.92 Å². The van der Waals surface area contributed by atoms with Crippen molar-refractivity contribution < 1.29 is 19.4 Å². The molecule has 0 fully saturated rings. The molecule has 0 radical (unpaired) electrons. The zero-order chi connectivity index (χ0) is 15.0. The maximum Gasteiger partial charge on any atom is 0.342 e. The summed E-state index contributed by atoms with van der Waals surface area (Å²) in [5, 5.41) is 8.75. The third-order valence-corrected chi connectivity index (χ3v) is 2.79. The lowest BCUT2D eigenvalue weighted by molar-refractivity contribution is 0.0656. The summed E-state index contributed by atoms with van der Waals surface area (Å²) in [6, 6.07) is 5.65. The largest absolute Gasteiger partial charge is 0.478 e. The van der Waals surface area contributed by atoms with E-state index in [1.807, 2.05) is 6.08 Å². The average Bonchev–Trinajstić information content (AvgIpc) is 2.42. The fourth-order valence-corrected chi connectivity index (χ4v) is 1.64. The second-order valence-corrected chi connectivity index (χ2v) is 4.98. The van der Waals surface area contributed by atoms with Gasteiger partial charge in [0.2, 0.25) is 0 Å². The highest BCUT2D eigenvalue weighted by Gasteiger charge is 2.07. The molecule has 108 valence electrons. The van der Waals surface area contributed by atoms with Gasteiger partial charge in [-0.15, -0.1) is 0 Å². The van der Waals surface area contributed by atoms with Gasteiger partial charge in [-0.2, -0.15) is 0 Å². The van der Waals surface area contributed by atoms with E-state index in [1.54, 1.807) is 0 Å². The van der Waals surface area contributed by atoms with E-state index in [-0.39, 0.29) is 5.56 Å². The summed E-state index contributed by atoms with van der Waals surface area (Å²) in [6.45, 7) is 4.34. The molecule has 0 aliphatic heterocycles. The van der Waals surface area contributed by atoms with Gasteiger partial charge in [-0.25, -0.2) is 9.59 Å². The van der Waals surface area contributed by atoms with Crippen LogP contribution in [0.15, 0.2) is 36.6 Å². The van der Waals surface area contributed by atoms with E-state index in [2.05, 4.69) is 13.8 Å². The third-order valence-electron chi connectivity index (χ3n) is 2.79. The van der Waals surface area contributed by atoms with Gasteiger partial charge < -0.3 is 9.84 Å². The number of ether oxygens (including phenoxy) is 1. The Labute approximate surface area is 119 Å². The number of carboxylic acid groups (broad SMARTS) is 1. The van der Waals surface area contributed by atoms with Crippen LogP contribution in [-0.2, 0) is 4.74 Å². The van der Waals surface area contributed by atoms with Crippen molar-refractivity contribution in [2.75, 3.05) is 0 Å². The second-order valence-electron chi connectivity index (χ2n) is 4.98. The summed E-state index contributed by atoms with van der Waals surface area (Å²) in [4.78, 5) is 22.3. The topological polar surface area (TPSA) is 63.6 Å². The first kappa shape index (κ1) is 16.0. The van der Waals surface area contributed by atoms with Crippen molar-refractivity contribution in [1.82, 2.24) is 0 Å². The molecule has 1 rings (SSSR count). The quantitative estimate of drug-likeness (QED) is 0.466. The van der Waals surface area contributed by atoms with Gasteiger partial charge in [0.15, 0.2) is 0 Å². The van der Waals surface area contributed by atoms with Crippen LogP contribution in [0.1, 0.15) is 53.8 Å². The van der Waals surface area contributed by atoms with Gasteiger partial charge >= 0.3 is 11.9 Å². The van der Waals surface area contributed by atoms with E-state index in [4.69, 9.17) is 9.84 Å². The van der Waals surface area contributed by atoms with Crippen LogP contribution in [0.3, 0.4) is 0 Å². The molecule has 20 heavy (non-hydrogen) atoms. The lowest BCUT2D eigenvalue weighted by Gasteiger charge is -2.01. The predicted octanol–water partition coefficient (Wildman–Crippen LogP) is 3.88. The Balaban J connectivity index is 2.39. The lowest BCUT2D eigenvalue weighted by atomic mass is 10.1. The smallest absolute Gasteiger partial charge is 0.342 e. The van der Waals surface area contributed by atoms with Gasteiger partial charge in [-0.1, -0.05) is 20.3 Å². The monoisotopic (exact) mass is 276 g/mol. The zero-order valence-electron chi connectivity index (χ0n) is 11.8. The van der Waals surface area contributed by atoms with E-state index in [9.17, 15) is 9.59 Å². The van der Waals surface area contributed by atoms with Gasteiger partial charge in [-0.05, 0) is 49.1 Å². The predicted molar refractivity (Wildman–Crippen MR) is 76.6 cm³/mol. The van der Waals surface area contributed by atoms with E-state index in [0.29, 0.717) is 11.5 Å². The molecule has 1 aromatic rings. The Bertz CT molecular complexity index is 472. The van der Waals surface area contributed by atoms with Gasteiger partial charge in [-0.3, -0.25) is 0 Å². The van der Waals surface area contributed by atoms with Crippen molar-refractivity contribution in [3.63, 3.8) is 0 Å². The Morgan fingerprint density at radius 1 is 1.20 bits per heavy atom. The molecule has 0 aromatic heterocycles. The number of hydrogen-bond donors (Lipinski definition) is 1. The summed E-state index contributed by atoms with van der Waals surface area (Å²) >= 11 is 0. The van der Waals surface area contributed by atoms with Crippen LogP contribution in [-0.4, -0.2) is 17.0 Å². The minimum absolute atomic E-state index is 0.144. The van der Waals surface area contributed by atoms with Crippen molar-refractivity contribution in [1.29, 1.82) is 0 Å². The number of carbonyl (C=O) groups is 2. The van der Waals surface area contributed by atoms with Crippen LogP contribution in [0.2, 0.25) is 0 Å². The SMILES string of the molecule is CC(C)CCCC=COC(=O)c1ccc(C(=O)O)cc1. The summed E-state index contributed by atoms with van der Waals surface area (Å²) in [7, 11) is 0. The van der Waals surface area contributed by atoms with Gasteiger partial charge in [0, 0.05) is 0 Å². The normalized spacial score (nSPS) is 10.9. The maximum atomic E-state index is 11.6. The molecule has 0 unspecified atom stereocenters. The molecule has 1 N–H and O–H groups in total. The van der Waals surface area contributed by atoms with Gasteiger partial charge in [0.1, 0.15) is 0 Å². The number of carbonyl (C=O) groups excluding carboxylic acids is 1. The number of rotatable bonds is 7. The Hall–Kier alpha value is -2.10. The molecule has 0 saturated heterocycles. The fourth-order valence-electron chi connectivity index (χ4n) is 1.64. The van der Waals surface area contributed by atoms with Crippen LogP contribution in [0.25, 0.3) is 0 Å². The highest BCUT2D eigenvalue weighted by Crippen LogP contribution is 2.08. The average molecular weight is 276 g/mol.